The molecule has 1 N–H and O–H groups in total. The van der Waals surface area contributed by atoms with Gasteiger partial charge in [-0.25, -0.2) is 0 Å². The Morgan fingerprint density at radius 1 is 1.71 bits per heavy atom. The Morgan fingerprint density at radius 2 is 1.86 bits per heavy atom. The van der Waals surface area contributed by atoms with Crippen LogP contribution in [0.5, 0.6) is 0 Å². The first-order valence-corrected chi connectivity index (χ1v) is 1.77. The van der Waals surface area contributed by atoms with Crippen molar-refractivity contribution >= 4 is 0 Å². The number of aliphatic hydroxyl groups excluding tert-OH is 1. The normalized spacial score (nSPS) is 4.86. The van der Waals surface area contributed by atoms with Crippen molar-refractivity contribution in [1.29, 1.82) is 5.26 Å². The zero-order chi connectivity index (χ0) is 6.28. The summed E-state index contributed by atoms with van der Waals surface area (Å²) in [6.45, 7) is 4.98. The van der Waals surface area contributed by atoms with E-state index in [1.165, 1.54) is 0 Å². The lowest BCUT2D eigenvalue weighted by Gasteiger charge is -1.61. The Kier molecular flexibility index (Phi) is 12.1. The molecule has 0 bridgehead atoms. The van der Waals surface area contributed by atoms with Crippen LogP contribution in [0.2, 0.25) is 0 Å². The van der Waals surface area contributed by atoms with Crippen molar-refractivity contribution < 1.29 is 5.11 Å². The first-order valence-electron chi connectivity index (χ1n) is 1.77. The summed E-state index contributed by atoms with van der Waals surface area (Å²) < 4.78 is 0. The molecule has 0 aliphatic carbocycles. The van der Waals surface area contributed by atoms with Gasteiger partial charge in [0.15, 0.2) is 0 Å². The first-order chi connectivity index (χ1) is 3.27. The molecule has 0 rings (SSSR count). The fourth-order valence-corrected chi connectivity index (χ4v) is 0. The molecule has 7 heavy (non-hydrogen) atoms. The predicted octanol–water partition coefficient (Wildman–Crippen LogP) is 0.695. The molecule has 0 atom stereocenters. The maximum Gasteiger partial charge on any atom is 0.0937 e. The monoisotopic (exact) mass is 99.1 g/mol. The SMILES string of the molecule is C=C(C)C#N.CO. The molecule has 0 heterocycles. The molecule has 0 radical (unpaired) electrons. The van der Waals surface area contributed by atoms with Crippen molar-refractivity contribution in [2.75, 3.05) is 7.11 Å². The molecular formula is C5H9NO. The predicted molar refractivity (Wildman–Crippen MR) is 28.6 cm³/mol. The van der Waals surface area contributed by atoms with Crippen LogP contribution in [0.3, 0.4) is 0 Å². The van der Waals surface area contributed by atoms with Gasteiger partial charge in [0.2, 0.25) is 0 Å². The van der Waals surface area contributed by atoms with Crippen molar-refractivity contribution in [3.8, 4) is 6.07 Å². The average molecular weight is 99.1 g/mol. The van der Waals surface area contributed by atoms with E-state index >= 15 is 0 Å². The molecule has 40 valence electrons. The van der Waals surface area contributed by atoms with Gasteiger partial charge < -0.3 is 5.11 Å². The van der Waals surface area contributed by atoms with Crippen LogP contribution in [0.25, 0.3) is 0 Å². The summed E-state index contributed by atoms with van der Waals surface area (Å²) in [7, 11) is 1.00. The van der Waals surface area contributed by atoms with Crippen molar-refractivity contribution in [3.63, 3.8) is 0 Å². The molecule has 0 aromatic heterocycles. The van der Waals surface area contributed by atoms with Crippen LogP contribution >= 0.6 is 0 Å². The minimum absolute atomic E-state index is 0.560. The van der Waals surface area contributed by atoms with Crippen molar-refractivity contribution in [2.24, 2.45) is 0 Å². The summed E-state index contributed by atoms with van der Waals surface area (Å²) >= 11 is 0. The molecule has 2 heteroatoms. The lowest BCUT2D eigenvalue weighted by molar-refractivity contribution is 0.399. The second-order valence-corrected chi connectivity index (χ2v) is 0.892. The first kappa shape index (κ1) is 9.50. The van der Waals surface area contributed by atoms with Gasteiger partial charge in [-0.3, -0.25) is 0 Å². The number of nitrogens with zero attached hydrogens (tertiary/aromatic N) is 1. The van der Waals surface area contributed by atoms with E-state index in [4.69, 9.17) is 10.4 Å². The van der Waals surface area contributed by atoms with Crippen LogP contribution in [0, 0.1) is 11.3 Å². The van der Waals surface area contributed by atoms with Gasteiger partial charge in [-0.05, 0) is 6.92 Å². The van der Waals surface area contributed by atoms with Crippen molar-refractivity contribution in [2.45, 2.75) is 6.92 Å². The van der Waals surface area contributed by atoms with Crippen LogP contribution < -0.4 is 0 Å². The van der Waals surface area contributed by atoms with Crippen LogP contribution in [0.4, 0.5) is 0 Å². The quantitative estimate of drug-likeness (QED) is 0.454. The highest BCUT2D eigenvalue weighted by atomic mass is 16.2. The maximum atomic E-state index is 7.79. The van der Waals surface area contributed by atoms with Crippen LogP contribution in [0.15, 0.2) is 12.2 Å². The average Bonchev–Trinajstić information content (AvgIpc) is 1.73. The fourth-order valence-electron chi connectivity index (χ4n) is 0. The van der Waals surface area contributed by atoms with Gasteiger partial charge in [0.25, 0.3) is 0 Å². The van der Waals surface area contributed by atoms with Crippen LogP contribution in [-0.4, -0.2) is 12.2 Å². The van der Waals surface area contributed by atoms with E-state index in [0.29, 0.717) is 5.57 Å². The molecule has 0 unspecified atom stereocenters. The molecule has 0 aliphatic rings. The van der Waals surface area contributed by atoms with Gasteiger partial charge in [0.05, 0.1) is 6.07 Å². The minimum atomic E-state index is 0.560. The summed E-state index contributed by atoms with van der Waals surface area (Å²) in [4.78, 5) is 0. The van der Waals surface area contributed by atoms with Crippen molar-refractivity contribution in [1.82, 2.24) is 0 Å². The summed E-state index contributed by atoms with van der Waals surface area (Å²) in [6, 6.07) is 1.83. The molecule has 0 saturated heterocycles. The van der Waals surface area contributed by atoms with Crippen molar-refractivity contribution in [3.05, 3.63) is 12.2 Å². The summed E-state index contributed by atoms with van der Waals surface area (Å²) in [5.74, 6) is 0. The molecule has 2 nitrogen and oxygen atoms in total. The third-order valence-electron chi connectivity index (χ3n) is 0.191. The largest absolute Gasteiger partial charge is 0.400 e. The molecule has 0 aromatic carbocycles. The summed E-state index contributed by atoms with van der Waals surface area (Å²) in [5, 5.41) is 14.8. The van der Waals surface area contributed by atoms with E-state index in [9.17, 15) is 0 Å². The Labute approximate surface area is 43.7 Å². The number of hydrogen-bond acceptors (Lipinski definition) is 2. The van der Waals surface area contributed by atoms with Gasteiger partial charge >= 0.3 is 0 Å². The van der Waals surface area contributed by atoms with Crippen LogP contribution in [-0.2, 0) is 0 Å². The zero-order valence-corrected chi connectivity index (χ0v) is 4.60. The maximum absolute atomic E-state index is 7.79. The Hall–Kier alpha value is -0.810. The Morgan fingerprint density at radius 3 is 1.86 bits per heavy atom. The summed E-state index contributed by atoms with van der Waals surface area (Å²) in [6.07, 6.45) is 0. The number of aliphatic hydroxyl groups is 1. The van der Waals surface area contributed by atoms with Gasteiger partial charge in [-0.15, -0.1) is 0 Å². The van der Waals surface area contributed by atoms with E-state index in [-0.39, 0.29) is 0 Å². The lowest BCUT2D eigenvalue weighted by Crippen LogP contribution is -1.51. The third kappa shape index (κ3) is 37.3. The van der Waals surface area contributed by atoms with E-state index in [1.807, 2.05) is 6.07 Å². The molecule has 0 spiro atoms. The molecule has 0 aromatic rings. The number of nitriles is 1. The zero-order valence-electron chi connectivity index (χ0n) is 4.60. The fraction of sp³-hybridized carbons (Fsp3) is 0.400. The second-order valence-electron chi connectivity index (χ2n) is 0.892. The van der Waals surface area contributed by atoms with E-state index in [2.05, 4.69) is 6.58 Å². The standard InChI is InChI=1S/C4H5N.CH4O/c1-4(2)3-5;1-2/h1H2,2H3;2H,1H3. The number of hydrogen-bond donors (Lipinski definition) is 1. The topological polar surface area (TPSA) is 44.0 Å². The highest BCUT2D eigenvalue weighted by molar-refractivity contribution is 5.11. The molecular weight excluding hydrogens is 90.1 g/mol. The lowest BCUT2D eigenvalue weighted by atomic mass is 10.4. The second kappa shape index (κ2) is 8.95. The van der Waals surface area contributed by atoms with E-state index in [1.54, 1.807) is 6.92 Å². The highest BCUT2D eigenvalue weighted by Gasteiger charge is 1.64. The molecule has 0 amide bonds. The highest BCUT2D eigenvalue weighted by Crippen LogP contribution is 1.74. The van der Waals surface area contributed by atoms with E-state index in [0.717, 1.165) is 7.11 Å². The van der Waals surface area contributed by atoms with Gasteiger partial charge in [0.1, 0.15) is 0 Å². The molecule has 0 aliphatic heterocycles. The van der Waals surface area contributed by atoms with Gasteiger partial charge in [0, 0.05) is 12.7 Å². The Balaban J connectivity index is 0. The van der Waals surface area contributed by atoms with Crippen LogP contribution in [0.1, 0.15) is 6.92 Å². The minimum Gasteiger partial charge on any atom is -0.400 e. The number of rotatable bonds is 0. The molecule has 0 fully saturated rings. The Bertz CT molecular complexity index is 80.6. The van der Waals surface area contributed by atoms with Gasteiger partial charge in [-0.1, -0.05) is 6.58 Å². The number of allylic oxidation sites excluding steroid dienone is 1. The molecule has 0 saturated carbocycles. The van der Waals surface area contributed by atoms with E-state index < -0.39 is 0 Å². The summed E-state index contributed by atoms with van der Waals surface area (Å²) in [5.41, 5.74) is 0.560. The van der Waals surface area contributed by atoms with Gasteiger partial charge in [-0.2, -0.15) is 5.26 Å². The third-order valence-corrected chi connectivity index (χ3v) is 0.191. The smallest absolute Gasteiger partial charge is 0.0937 e.